The van der Waals surface area contributed by atoms with Gasteiger partial charge in [-0.2, -0.15) is 0 Å². The SMILES string of the molecule is Cc1ccccc1CCNc1ccc(F)cc1. The summed E-state index contributed by atoms with van der Waals surface area (Å²) in [6.07, 6.45) is 0.976. The molecule has 0 saturated heterocycles. The zero-order chi connectivity index (χ0) is 12.1. The van der Waals surface area contributed by atoms with E-state index in [0.29, 0.717) is 0 Å². The number of anilines is 1. The van der Waals surface area contributed by atoms with Gasteiger partial charge in [-0.25, -0.2) is 4.39 Å². The van der Waals surface area contributed by atoms with Gasteiger partial charge in [0.05, 0.1) is 0 Å². The van der Waals surface area contributed by atoms with Crippen molar-refractivity contribution in [3.63, 3.8) is 0 Å². The van der Waals surface area contributed by atoms with Crippen molar-refractivity contribution in [3.05, 3.63) is 65.5 Å². The quantitative estimate of drug-likeness (QED) is 0.841. The summed E-state index contributed by atoms with van der Waals surface area (Å²) in [7, 11) is 0. The maximum atomic E-state index is 12.7. The van der Waals surface area contributed by atoms with Crippen LogP contribution in [0.4, 0.5) is 10.1 Å². The van der Waals surface area contributed by atoms with Gasteiger partial charge in [0.15, 0.2) is 0 Å². The minimum absolute atomic E-state index is 0.200. The summed E-state index contributed by atoms with van der Waals surface area (Å²) in [6, 6.07) is 14.8. The fraction of sp³-hybridized carbons (Fsp3) is 0.200. The van der Waals surface area contributed by atoms with Crippen LogP contribution >= 0.6 is 0 Å². The van der Waals surface area contributed by atoms with E-state index in [1.54, 1.807) is 12.1 Å². The fourth-order valence-corrected chi connectivity index (χ4v) is 1.80. The monoisotopic (exact) mass is 229 g/mol. The van der Waals surface area contributed by atoms with E-state index in [9.17, 15) is 4.39 Å². The third kappa shape index (κ3) is 3.31. The van der Waals surface area contributed by atoms with Crippen LogP contribution in [0, 0.1) is 12.7 Å². The largest absolute Gasteiger partial charge is 0.385 e. The normalized spacial score (nSPS) is 10.2. The average molecular weight is 229 g/mol. The first-order chi connectivity index (χ1) is 8.25. The smallest absolute Gasteiger partial charge is 0.123 e. The van der Waals surface area contributed by atoms with Crippen molar-refractivity contribution in [2.45, 2.75) is 13.3 Å². The molecule has 0 amide bonds. The molecule has 0 atom stereocenters. The second kappa shape index (κ2) is 5.48. The van der Waals surface area contributed by atoms with Crippen LogP contribution in [0.1, 0.15) is 11.1 Å². The van der Waals surface area contributed by atoms with E-state index in [1.807, 2.05) is 6.07 Å². The fourth-order valence-electron chi connectivity index (χ4n) is 1.80. The van der Waals surface area contributed by atoms with Gasteiger partial charge in [-0.3, -0.25) is 0 Å². The van der Waals surface area contributed by atoms with Crippen molar-refractivity contribution in [2.75, 3.05) is 11.9 Å². The lowest BCUT2D eigenvalue weighted by Gasteiger charge is -2.08. The standard InChI is InChI=1S/C15H16FN/c1-12-4-2-3-5-13(12)10-11-17-15-8-6-14(16)7-9-15/h2-9,17H,10-11H2,1H3. The molecule has 0 aliphatic heterocycles. The van der Waals surface area contributed by atoms with Crippen LogP contribution in [0.25, 0.3) is 0 Å². The summed E-state index contributed by atoms with van der Waals surface area (Å²) in [5.74, 6) is -0.200. The molecule has 0 aliphatic carbocycles. The Kier molecular flexibility index (Phi) is 3.76. The Morgan fingerprint density at radius 2 is 1.71 bits per heavy atom. The molecule has 0 spiro atoms. The van der Waals surface area contributed by atoms with Crippen LogP contribution in [0.3, 0.4) is 0 Å². The molecule has 0 saturated carbocycles. The predicted octanol–water partition coefficient (Wildman–Crippen LogP) is 3.79. The summed E-state index contributed by atoms with van der Waals surface area (Å²) in [5.41, 5.74) is 3.62. The number of aryl methyl sites for hydroxylation is 1. The van der Waals surface area contributed by atoms with Crippen LogP contribution in [-0.4, -0.2) is 6.54 Å². The Labute approximate surface area is 101 Å². The third-order valence-corrected chi connectivity index (χ3v) is 2.83. The van der Waals surface area contributed by atoms with E-state index in [1.165, 1.54) is 23.3 Å². The molecule has 1 nitrogen and oxygen atoms in total. The van der Waals surface area contributed by atoms with E-state index in [2.05, 4.69) is 30.4 Å². The molecule has 0 aromatic heterocycles. The first-order valence-electron chi connectivity index (χ1n) is 5.79. The molecule has 2 heteroatoms. The molecule has 2 rings (SSSR count). The molecule has 0 fully saturated rings. The molecule has 0 heterocycles. The minimum Gasteiger partial charge on any atom is -0.385 e. The zero-order valence-corrected chi connectivity index (χ0v) is 9.91. The summed E-state index contributed by atoms with van der Waals surface area (Å²) in [6.45, 7) is 2.98. The lowest BCUT2D eigenvalue weighted by Crippen LogP contribution is -2.05. The summed E-state index contributed by atoms with van der Waals surface area (Å²) >= 11 is 0. The van der Waals surface area contributed by atoms with Gasteiger partial charge in [-0.15, -0.1) is 0 Å². The molecule has 0 radical (unpaired) electrons. The Balaban J connectivity index is 1.88. The molecule has 17 heavy (non-hydrogen) atoms. The molecule has 0 unspecified atom stereocenters. The average Bonchev–Trinajstić information content (AvgIpc) is 2.34. The van der Waals surface area contributed by atoms with E-state index in [-0.39, 0.29) is 5.82 Å². The van der Waals surface area contributed by atoms with Gasteiger partial charge in [-0.05, 0) is 48.7 Å². The van der Waals surface area contributed by atoms with Crippen LogP contribution in [0.2, 0.25) is 0 Å². The van der Waals surface area contributed by atoms with Gasteiger partial charge in [0.2, 0.25) is 0 Å². The van der Waals surface area contributed by atoms with E-state index < -0.39 is 0 Å². The van der Waals surface area contributed by atoms with Gasteiger partial charge < -0.3 is 5.32 Å². The van der Waals surface area contributed by atoms with Crippen molar-refractivity contribution in [1.82, 2.24) is 0 Å². The highest BCUT2D eigenvalue weighted by Crippen LogP contribution is 2.10. The van der Waals surface area contributed by atoms with Gasteiger partial charge in [-0.1, -0.05) is 24.3 Å². The molecular weight excluding hydrogens is 213 g/mol. The lowest BCUT2D eigenvalue weighted by atomic mass is 10.1. The van der Waals surface area contributed by atoms with Gasteiger partial charge in [0.25, 0.3) is 0 Å². The Bertz CT molecular complexity index is 477. The van der Waals surface area contributed by atoms with Crippen LogP contribution in [-0.2, 0) is 6.42 Å². The van der Waals surface area contributed by atoms with Crippen molar-refractivity contribution >= 4 is 5.69 Å². The van der Waals surface area contributed by atoms with Crippen molar-refractivity contribution in [1.29, 1.82) is 0 Å². The van der Waals surface area contributed by atoms with Gasteiger partial charge in [0, 0.05) is 12.2 Å². The van der Waals surface area contributed by atoms with Crippen LogP contribution in [0.15, 0.2) is 48.5 Å². The maximum Gasteiger partial charge on any atom is 0.123 e. The molecule has 0 aliphatic rings. The minimum atomic E-state index is -0.200. The predicted molar refractivity (Wildman–Crippen MR) is 69.8 cm³/mol. The highest BCUT2D eigenvalue weighted by Gasteiger charge is 1.97. The molecule has 2 aromatic carbocycles. The second-order valence-electron chi connectivity index (χ2n) is 4.11. The molecule has 1 N–H and O–H groups in total. The number of hydrogen-bond acceptors (Lipinski definition) is 1. The first kappa shape index (κ1) is 11.6. The number of halogens is 1. The van der Waals surface area contributed by atoms with E-state index in [0.717, 1.165) is 18.7 Å². The third-order valence-electron chi connectivity index (χ3n) is 2.83. The van der Waals surface area contributed by atoms with E-state index in [4.69, 9.17) is 0 Å². The van der Waals surface area contributed by atoms with Crippen LogP contribution < -0.4 is 5.32 Å². The molecular formula is C15H16FN. The molecule has 88 valence electrons. The summed E-state index contributed by atoms with van der Waals surface area (Å²) < 4.78 is 12.7. The summed E-state index contributed by atoms with van der Waals surface area (Å²) in [4.78, 5) is 0. The second-order valence-corrected chi connectivity index (χ2v) is 4.11. The Morgan fingerprint density at radius 1 is 1.00 bits per heavy atom. The number of nitrogens with one attached hydrogen (secondary N) is 1. The highest BCUT2D eigenvalue weighted by molar-refractivity contribution is 5.43. The first-order valence-corrected chi connectivity index (χ1v) is 5.79. The van der Waals surface area contributed by atoms with Gasteiger partial charge in [0.1, 0.15) is 5.82 Å². The lowest BCUT2D eigenvalue weighted by molar-refractivity contribution is 0.628. The van der Waals surface area contributed by atoms with Crippen LogP contribution in [0.5, 0.6) is 0 Å². The number of benzene rings is 2. The van der Waals surface area contributed by atoms with E-state index >= 15 is 0 Å². The number of rotatable bonds is 4. The van der Waals surface area contributed by atoms with Gasteiger partial charge >= 0.3 is 0 Å². The maximum absolute atomic E-state index is 12.7. The van der Waals surface area contributed by atoms with Crippen molar-refractivity contribution < 1.29 is 4.39 Å². The summed E-state index contributed by atoms with van der Waals surface area (Å²) in [5, 5.41) is 3.28. The van der Waals surface area contributed by atoms with Crippen molar-refractivity contribution in [2.24, 2.45) is 0 Å². The topological polar surface area (TPSA) is 12.0 Å². The van der Waals surface area contributed by atoms with Crippen molar-refractivity contribution in [3.8, 4) is 0 Å². The highest BCUT2D eigenvalue weighted by atomic mass is 19.1. The molecule has 2 aromatic rings. The number of hydrogen-bond donors (Lipinski definition) is 1. The molecule has 0 bridgehead atoms. The zero-order valence-electron chi connectivity index (χ0n) is 9.91. The Hall–Kier alpha value is -1.83. The Morgan fingerprint density at radius 3 is 2.41 bits per heavy atom.